The number of aromatic hydroxyl groups is 3. The number of hydrogen-bond donors (Lipinski definition) is 4. The molecule has 0 atom stereocenters. The van der Waals surface area contributed by atoms with Crippen molar-refractivity contribution in [2.24, 2.45) is 0 Å². The minimum Gasteiger partial charge on any atom is -0.508 e. The highest BCUT2D eigenvalue weighted by atomic mass is 79.9. The number of hydrogen-bond acceptors (Lipinski definition) is 4. The monoisotopic (exact) mass is 469 g/mol. The molecule has 2 rings (SSSR count). The molecule has 6 heteroatoms. The summed E-state index contributed by atoms with van der Waals surface area (Å²) in [7, 11) is 0. The van der Waals surface area contributed by atoms with Gasteiger partial charge in [0.1, 0.15) is 17.2 Å². The van der Waals surface area contributed by atoms with Crippen LogP contribution in [0.2, 0.25) is 0 Å². The van der Waals surface area contributed by atoms with Crippen LogP contribution in [0.1, 0.15) is 49.3 Å². The normalized spacial score (nSPS) is 10.8. The van der Waals surface area contributed by atoms with E-state index < -0.39 is 0 Å². The first-order valence-electron chi connectivity index (χ1n) is 8.17. The molecule has 0 heterocycles. The minimum atomic E-state index is -0.185. The van der Waals surface area contributed by atoms with Crippen molar-refractivity contribution in [1.29, 1.82) is 5.41 Å². The van der Waals surface area contributed by atoms with Crippen molar-refractivity contribution in [2.75, 3.05) is 0 Å². The zero-order valence-corrected chi connectivity index (χ0v) is 17.1. The maximum absolute atomic E-state index is 10.2. The van der Waals surface area contributed by atoms with Gasteiger partial charge in [0, 0.05) is 21.7 Å². The van der Waals surface area contributed by atoms with Crippen molar-refractivity contribution in [1.82, 2.24) is 0 Å². The topological polar surface area (TPSA) is 84.5 Å². The molecule has 0 bridgehead atoms. The second-order valence-corrected chi connectivity index (χ2v) is 7.74. The molecular formula is C19H21Br2NO3. The Bertz CT molecular complexity index is 791. The number of unbranched alkanes of at least 4 members (excludes halogenated alkanes) is 3. The molecule has 4 nitrogen and oxygen atoms in total. The van der Waals surface area contributed by atoms with Crippen molar-refractivity contribution in [3.63, 3.8) is 0 Å². The molecule has 134 valence electrons. The fourth-order valence-electron chi connectivity index (χ4n) is 2.67. The maximum Gasteiger partial charge on any atom is 0.139 e. The van der Waals surface area contributed by atoms with Crippen molar-refractivity contribution in [2.45, 2.75) is 39.0 Å². The van der Waals surface area contributed by atoms with Gasteiger partial charge in [0.25, 0.3) is 0 Å². The van der Waals surface area contributed by atoms with Gasteiger partial charge in [-0.1, -0.05) is 42.1 Å². The van der Waals surface area contributed by atoms with Gasteiger partial charge < -0.3 is 15.3 Å². The largest absolute Gasteiger partial charge is 0.508 e. The van der Waals surface area contributed by atoms with Crippen molar-refractivity contribution < 1.29 is 15.3 Å². The summed E-state index contributed by atoms with van der Waals surface area (Å²) < 4.78 is 1.16. The third kappa shape index (κ3) is 4.76. The summed E-state index contributed by atoms with van der Waals surface area (Å²) in [6, 6.07) is 6.20. The van der Waals surface area contributed by atoms with Gasteiger partial charge in [0.15, 0.2) is 0 Å². The highest BCUT2D eigenvalue weighted by Gasteiger charge is 2.18. The van der Waals surface area contributed by atoms with E-state index in [4.69, 9.17) is 5.41 Å². The van der Waals surface area contributed by atoms with E-state index in [2.05, 4.69) is 38.8 Å². The van der Waals surface area contributed by atoms with E-state index in [-0.39, 0.29) is 28.5 Å². The first-order valence-corrected chi connectivity index (χ1v) is 9.75. The lowest BCUT2D eigenvalue weighted by molar-refractivity contribution is 0.444. The van der Waals surface area contributed by atoms with Crippen LogP contribution in [0, 0.1) is 5.41 Å². The Labute approximate surface area is 164 Å². The third-order valence-corrected chi connectivity index (χ3v) is 5.13. The highest BCUT2D eigenvalue weighted by molar-refractivity contribution is 9.11. The molecular weight excluding hydrogens is 450 g/mol. The molecule has 0 saturated heterocycles. The minimum absolute atomic E-state index is 0.00759. The summed E-state index contributed by atoms with van der Waals surface area (Å²) in [5, 5.41) is 38.9. The Hall–Kier alpha value is -1.53. The number of rotatable bonds is 7. The molecule has 2 aromatic rings. The predicted molar refractivity (Wildman–Crippen MR) is 107 cm³/mol. The molecule has 2 aromatic carbocycles. The molecule has 0 aromatic heterocycles. The lowest BCUT2D eigenvalue weighted by atomic mass is 9.96. The fourth-order valence-corrected chi connectivity index (χ4v) is 3.89. The lowest BCUT2D eigenvalue weighted by Crippen LogP contribution is -2.04. The van der Waals surface area contributed by atoms with Crippen LogP contribution in [-0.2, 0) is 6.42 Å². The van der Waals surface area contributed by atoms with E-state index in [1.165, 1.54) is 6.07 Å². The molecule has 0 unspecified atom stereocenters. The van der Waals surface area contributed by atoms with Crippen LogP contribution in [0.15, 0.2) is 33.2 Å². The second kappa shape index (κ2) is 8.72. The Morgan fingerprint density at radius 3 is 2.32 bits per heavy atom. The molecule has 0 radical (unpaired) electrons. The van der Waals surface area contributed by atoms with Crippen LogP contribution in [-0.4, -0.2) is 21.0 Å². The number of aryl methyl sites for hydroxylation is 1. The van der Waals surface area contributed by atoms with Crippen LogP contribution in [0.5, 0.6) is 17.2 Å². The number of phenols is 3. The number of phenolic OH excluding ortho intramolecular Hbond substituents is 3. The van der Waals surface area contributed by atoms with Gasteiger partial charge >= 0.3 is 0 Å². The van der Waals surface area contributed by atoms with Gasteiger partial charge in [-0.25, -0.2) is 0 Å². The molecule has 0 aliphatic carbocycles. The average molecular weight is 471 g/mol. The molecule has 0 saturated carbocycles. The van der Waals surface area contributed by atoms with Gasteiger partial charge in [-0.2, -0.15) is 0 Å². The van der Waals surface area contributed by atoms with Crippen molar-refractivity contribution in [3.8, 4) is 17.2 Å². The van der Waals surface area contributed by atoms with E-state index in [0.717, 1.165) is 25.7 Å². The fraction of sp³-hybridized carbons (Fsp3) is 0.316. The van der Waals surface area contributed by atoms with E-state index in [1.54, 1.807) is 18.2 Å². The van der Waals surface area contributed by atoms with E-state index in [0.29, 0.717) is 26.5 Å². The molecule has 25 heavy (non-hydrogen) atoms. The first kappa shape index (κ1) is 19.8. The summed E-state index contributed by atoms with van der Waals surface area (Å²) in [6.45, 7) is 2.14. The number of benzene rings is 2. The van der Waals surface area contributed by atoms with Gasteiger partial charge in [-0.3, -0.25) is 5.41 Å². The highest BCUT2D eigenvalue weighted by Crippen LogP contribution is 2.36. The molecule has 0 spiro atoms. The SMILES string of the molecule is CCCCCCc1cc(C(=N)c2cc(Br)cc(Br)c2O)c(O)cc1O. The van der Waals surface area contributed by atoms with Crippen molar-refractivity contribution in [3.05, 3.63) is 49.9 Å². The van der Waals surface area contributed by atoms with Gasteiger partial charge in [0.2, 0.25) is 0 Å². The summed E-state index contributed by atoms with van der Waals surface area (Å²) in [6.07, 6.45) is 4.96. The van der Waals surface area contributed by atoms with E-state index >= 15 is 0 Å². The van der Waals surface area contributed by atoms with Crippen LogP contribution in [0.4, 0.5) is 0 Å². The Morgan fingerprint density at radius 2 is 1.64 bits per heavy atom. The van der Waals surface area contributed by atoms with Gasteiger partial charge in [0.05, 0.1) is 10.2 Å². The second-order valence-electron chi connectivity index (χ2n) is 5.97. The molecule has 0 aliphatic rings. The van der Waals surface area contributed by atoms with E-state index in [1.807, 2.05) is 0 Å². The number of nitrogens with one attached hydrogen (secondary N) is 1. The van der Waals surface area contributed by atoms with Crippen LogP contribution in [0.3, 0.4) is 0 Å². The maximum atomic E-state index is 10.2. The standard InChI is InChI=1S/C19H21Br2NO3/c1-2-3-4-5-6-11-7-13(17(24)10-16(11)23)18(22)14-8-12(20)9-15(21)19(14)25/h7-10,22-25H,2-6H2,1H3. The summed E-state index contributed by atoms with van der Waals surface area (Å²) in [4.78, 5) is 0. The Kier molecular flexibility index (Phi) is 6.90. The van der Waals surface area contributed by atoms with E-state index in [9.17, 15) is 15.3 Å². The summed E-state index contributed by atoms with van der Waals surface area (Å²) >= 11 is 6.59. The third-order valence-electron chi connectivity index (χ3n) is 4.06. The average Bonchev–Trinajstić information content (AvgIpc) is 2.56. The summed E-state index contributed by atoms with van der Waals surface area (Å²) in [5.41, 5.74) is 1.26. The quantitative estimate of drug-likeness (QED) is 0.301. The molecule has 0 fully saturated rings. The zero-order chi connectivity index (χ0) is 18.6. The van der Waals surface area contributed by atoms with Crippen LogP contribution < -0.4 is 0 Å². The lowest BCUT2D eigenvalue weighted by Gasteiger charge is -2.13. The predicted octanol–water partition coefficient (Wildman–Crippen LogP) is 5.87. The van der Waals surface area contributed by atoms with Gasteiger partial charge in [-0.15, -0.1) is 0 Å². The van der Waals surface area contributed by atoms with Crippen LogP contribution >= 0.6 is 31.9 Å². The molecule has 0 aliphatic heterocycles. The van der Waals surface area contributed by atoms with Gasteiger partial charge in [-0.05, 0) is 52.5 Å². The molecule has 4 N–H and O–H groups in total. The smallest absolute Gasteiger partial charge is 0.139 e. The zero-order valence-electron chi connectivity index (χ0n) is 13.9. The van der Waals surface area contributed by atoms with Crippen molar-refractivity contribution >= 4 is 37.6 Å². The van der Waals surface area contributed by atoms with Crippen LogP contribution in [0.25, 0.3) is 0 Å². The first-order chi connectivity index (χ1) is 11.8. The summed E-state index contributed by atoms with van der Waals surface area (Å²) in [5.74, 6) is -0.217. The molecule has 0 amide bonds. The Balaban J connectivity index is 2.36. The number of halogens is 2. The Morgan fingerprint density at radius 1 is 0.920 bits per heavy atom.